The van der Waals surface area contributed by atoms with Crippen LogP contribution in [0.25, 0.3) is 0 Å². The number of hydrogen-bond acceptors (Lipinski definition) is 4. The fourth-order valence-electron chi connectivity index (χ4n) is 1.25. The highest BCUT2D eigenvalue weighted by Crippen LogP contribution is 2.03. The molecular weight excluding hydrogens is 178 g/mol. The van der Waals surface area contributed by atoms with Crippen molar-refractivity contribution in [2.24, 2.45) is 5.84 Å². The second-order valence-corrected chi connectivity index (χ2v) is 5.03. The third-order valence-electron chi connectivity index (χ3n) is 1.96. The van der Waals surface area contributed by atoms with E-state index in [2.05, 4.69) is 0 Å². The van der Waals surface area contributed by atoms with Gasteiger partial charge in [0, 0.05) is 26.2 Å². The Morgan fingerprint density at radius 2 is 1.83 bits per heavy atom. The van der Waals surface area contributed by atoms with Crippen LogP contribution in [0.3, 0.4) is 0 Å². The zero-order valence-corrected chi connectivity index (χ0v) is 8.05. The minimum Gasteiger partial charge on any atom is -0.269 e. The highest BCUT2D eigenvalue weighted by molar-refractivity contribution is 7.88. The predicted molar refractivity (Wildman–Crippen MR) is 46.8 cm³/mol. The number of nitrogens with two attached hydrogens (primary N) is 1. The van der Waals surface area contributed by atoms with Crippen molar-refractivity contribution in [3.8, 4) is 0 Å². The van der Waals surface area contributed by atoms with Gasteiger partial charge in [0.25, 0.3) is 0 Å². The molecule has 2 N–H and O–H groups in total. The van der Waals surface area contributed by atoms with Crippen LogP contribution in [-0.4, -0.2) is 50.2 Å². The van der Waals surface area contributed by atoms with Crippen LogP contribution in [0.15, 0.2) is 0 Å². The van der Waals surface area contributed by atoms with Gasteiger partial charge in [-0.2, -0.15) is 0 Å². The standard InChI is InChI=1S/C6H15N3O2S/c1-12(10,11)9-4-2-3-8(7)5-6-9/h2-7H2,1H3. The van der Waals surface area contributed by atoms with Gasteiger partial charge < -0.3 is 0 Å². The maximum absolute atomic E-state index is 11.1. The molecule has 1 fully saturated rings. The molecule has 0 aromatic heterocycles. The second kappa shape index (κ2) is 3.69. The van der Waals surface area contributed by atoms with Crippen molar-refractivity contribution in [1.29, 1.82) is 0 Å². The molecule has 1 heterocycles. The first-order chi connectivity index (χ1) is 5.50. The molecule has 1 saturated heterocycles. The minimum atomic E-state index is -3.02. The normalized spacial score (nSPS) is 23.8. The summed E-state index contributed by atoms with van der Waals surface area (Å²) in [5, 5.41) is 1.66. The van der Waals surface area contributed by atoms with Crippen LogP contribution in [0.2, 0.25) is 0 Å². The first-order valence-electron chi connectivity index (χ1n) is 3.95. The van der Waals surface area contributed by atoms with Gasteiger partial charge in [0.05, 0.1) is 6.26 Å². The van der Waals surface area contributed by atoms with Crippen molar-refractivity contribution in [3.05, 3.63) is 0 Å². The second-order valence-electron chi connectivity index (χ2n) is 3.05. The van der Waals surface area contributed by atoms with Gasteiger partial charge >= 0.3 is 0 Å². The maximum atomic E-state index is 11.1. The highest BCUT2D eigenvalue weighted by atomic mass is 32.2. The molecule has 0 unspecified atom stereocenters. The van der Waals surface area contributed by atoms with Crippen LogP contribution in [0.5, 0.6) is 0 Å². The Hall–Kier alpha value is -0.170. The smallest absolute Gasteiger partial charge is 0.211 e. The molecule has 0 saturated carbocycles. The third-order valence-corrected chi connectivity index (χ3v) is 3.26. The summed E-state index contributed by atoms with van der Waals surface area (Å²) in [7, 11) is -3.02. The average molecular weight is 193 g/mol. The van der Waals surface area contributed by atoms with Crippen LogP contribution in [0.1, 0.15) is 6.42 Å². The van der Waals surface area contributed by atoms with E-state index >= 15 is 0 Å². The lowest BCUT2D eigenvalue weighted by Crippen LogP contribution is -2.37. The van der Waals surface area contributed by atoms with E-state index in [-0.39, 0.29) is 0 Å². The molecule has 0 spiro atoms. The summed E-state index contributed by atoms with van der Waals surface area (Å²) < 4.78 is 23.7. The lowest BCUT2D eigenvalue weighted by atomic mass is 10.4. The van der Waals surface area contributed by atoms with E-state index in [9.17, 15) is 8.42 Å². The third kappa shape index (κ3) is 2.71. The van der Waals surface area contributed by atoms with E-state index in [0.29, 0.717) is 19.6 Å². The largest absolute Gasteiger partial charge is 0.269 e. The fourth-order valence-corrected chi connectivity index (χ4v) is 2.12. The van der Waals surface area contributed by atoms with Crippen molar-refractivity contribution in [1.82, 2.24) is 9.31 Å². The number of sulfonamides is 1. The lowest BCUT2D eigenvalue weighted by Gasteiger charge is -2.16. The summed E-state index contributed by atoms with van der Waals surface area (Å²) in [6.07, 6.45) is 2.04. The van der Waals surface area contributed by atoms with Gasteiger partial charge in [-0.05, 0) is 6.42 Å². The van der Waals surface area contributed by atoms with Crippen molar-refractivity contribution in [2.75, 3.05) is 32.4 Å². The van der Waals surface area contributed by atoms with Gasteiger partial charge in [0.15, 0.2) is 0 Å². The first kappa shape index (κ1) is 9.91. The Balaban J connectivity index is 2.58. The monoisotopic (exact) mass is 193 g/mol. The molecular formula is C6H15N3O2S. The van der Waals surface area contributed by atoms with Crippen LogP contribution in [0.4, 0.5) is 0 Å². The summed E-state index contributed by atoms with van der Waals surface area (Å²) in [5.74, 6) is 5.55. The van der Waals surface area contributed by atoms with Crippen molar-refractivity contribution in [2.45, 2.75) is 6.42 Å². The van der Waals surface area contributed by atoms with Gasteiger partial charge in [0.1, 0.15) is 0 Å². The van der Waals surface area contributed by atoms with E-state index in [1.165, 1.54) is 10.6 Å². The Morgan fingerprint density at radius 1 is 1.17 bits per heavy atom. The summed E-state index contributed by atoms with van der Waals surface area (Å²) in [4.78, 5) is 0. The summed E-state index contributed by atoms with van der Waals surface area (Å²) >= 11 is 0. The number of hydrogen-bond donors (Lipinski definition) is 1. The van der Waals surface area contributed by atoms with E-state index in [1.807, 2.05) is 0 Å². The van der Waals surface area contributed by atoms with Gasteiger partial charge in [0.2, 0.25) is 10.0 Å². The van der Waals surface area contributed by atoms with Crippen LogP contribution < -0.4 is 5.84 Å². The molecule has 72 valence electrons. The molecule has 0 atom stereocenters. The molecule has 0 amide bonds. The molecule has 5 nitrogen and oxygen atoms in total. The summed E-state index contributed by atoms with van der Waals surface area (Å²) in [6, 6.07) is 0. The zero-order chi connectivity index (χ0) is 9.19. The molecule has 1 aliphatic rings. The molecule has 0 aromatic carbocycles. The van der Waals surface area contributed by atoms with Crippen LogP contribution >= 0.6 is 0 Å². The minimum absolute atomic E-state index is 0.509. The molecule has 1 rings (SSSR count). The number of rotatable bonds is 1. The van der Waals surface area contributed by atoms with Crippen LogP contribution in [0, 0.1) is 0 Å². The van der Waals surface area contributed by atoms with E-state index in [4.69, 9.17) is 5.84 Å². The highest BCUT2D eigenvalue weighted by Gasteiger charge is 2.19. The molecule has 0 aromatic rings. The van der Waals surface area contributed by atoms with E-state index in [1.54, 1.807) is 5.01 Å². The quantitative estimate of drug-likeness (QED) is 0.533. The molecule has 0 bridgehead atoms. The lowest BCUT2D eigenvalue weighted by molar-refractivity contribution is 0.297. The Bertz CT molecular complexity index is 239. The van der Waals surface area contributed by atoms with Gasteiger partial charge in [-0.25, -0.2) is 17.7 Å². The van der Waals surface area contributed by atoms with Crippen molar-refractivity contribution in [3.63, 3.8) is 0 Å². The molecule has 0 aliphatic carbocycles. The van der Waals surface area contributed by atoms with Crippen LogP contribution in [-0.2, 0) is 10.0 Å². The molecule has 0 radical (unpaired) electrons. The fraction of sp³-hybridized carbons (Fsp3) is 1.00. The molecule has 12 heavy (non-hydrogen) atoms. The Kier molecular flexibility index (Phi) is 3.05. The Morgan fingerprint density at radius 3 is 2.42 bits per heavy atom. The van der Waals surface area contributed by atoms with E-state index < -0.39 is 10.0 Å². The number of hydrazine groups is 1. The molecule has 6 heteroatoms. The molecule has 1 aliphatic heterocycles. The van der Waals surface area contributed by atoms with Crippen molar-refractivity contribution >= 4 is 10.0 Å². The summed E-state index contributed by atoms with van der Waals surface area (Å²) in [6.45, 7) is 2.49. The Labute approximate surface area is 73.1 Å². The predicted octanol–water partition coefficient (Wildman–Crippen LogP) is -1.17. The van der Waals surface area contributed by atoms with Gasteiger partial charge in [-0.3, -0.25) is 5.84 Å². The van der Waals surface area contributed by atoms with Gasteiger partial charge in [-0.15, -0.1) is 0 Å². The maximum Gasteiger partial charge on any atom is 0.211 e. The van der Waals surface area contributed by atoms with E-state index in [0.717, 1.165) is 13.0 Å². The summed E-state index contributed by atoms with van der Waals surface area (Å²) in [5.41, 5.74) is 0. The first-order valence-corrected chi connectivity index (χ1v) is 5.80. The zero-order valence-electron chi connectivity index (χ0n) is 7.23. The average Bonchev–Trinajstić information content (AvgIpc) is 2.11. The number of nitrogens with zero attached hydrogens (tertiary/aromatic N) is 2. The van der Waals surface area contributed by atoms with Crippen molar-refractivity contribution < 1.29 is 8.42 Å². The SMILES string of the molecule is CS(=O)(=O)N1CCCN(N)CC1. The van der Waals surface area contributed by atoms with Gasteiger partial charge in [-0.1, -0.05) is 0 Å². The topological polar surface area (TPSA) is 66.6 Å².